The first-order chi connectivity index (χ1) is 6.70. The summed E-state index contributed by atoms with van der Waals surface area (Å²) in [6.45, 7) is 2.47. The molecule has 1 amide bonds. The van der Waals surface area contributed by atoms with Gasteiger partial charge in [-0.25, -0.2) is 0 Å². The van der Waals surface area contributed by atoms with Crippen molar-refractivity contribution in [3.63, 3.8) is 0 Å². The predicted octanol–water partition coefficient (Wildman–Crippen LogP) is 0.0971. The first kappa shape index (κ1) is 11.5. The zero-order valence-electron chi connectivity index (χ0n) is 8.78. The Kier molecular flexibility index (Phi) is 4.35. The van der Waals surface area contributed by atoms with E-state index in [2.05, 4.69) is 0 Å². The molecule has 1 aliphatic rings. The van der Waals surface area contributed by atoms with Crippen molar-refractivity contribution >= 4 is 5.91 Å². The van der Waals surface area contributed by atoms with Crippen molar-refractivity contribution in [1.82, 2.24) is 4.90 Å². The Hall–Kier alpha value is -0.610. The monoisotopic (exact) mass is 200 g/mol. The number of rotatable bonds is 6. The summed E-state index contributed by atoms with van der Waals surface area (Å²) in [5.74, 6) is 0.00315. The summed E-state index contributed by atoms with van der Waals surface area (Å²) in [7, 11) is 0. The van der Waals surface area contributed by atoms with E-state index in [4.69, 9.17) is 10.8 Å². The molecule has 0 heterocycles. The molecule has 0 radical (unpaired) electrons. The van der Waals surface area contributed by atoms with Crippen LogP contribution in [0.2, 0.25) is 0 Å². The molecular weight excluding hydrogens is 180 g/mol. The summed E-state index contributed by atoms with van der Waals surface area (Å²) >= 11 is 0. The van der Waals surface area contributed by atoms with E-state index in [9.17, 15) is 4.79 Å². The molecule has 1 unspecified atom stereocenters. The summed E-state index contributed by atoms with van der Waals surface area (Å²) in [6.07, 6.45) is 3.77. The molecule has 3 N–H and O–H groups in total. The van der Waals surface area contributed by atoms with Gasteiger partial charge in [-0.2, -0.15) is 0 Å². The second-order valence-electron chi connectivity index (χ2n) is 3.88. The maximum absolute atomic E-state index is 11.8. The maximum Gasteiger partial charge on any atom is 0.239 e. The number of aliphatic hydroxyl groups is 1. The normalized spacial score (nSPS) is 17.9. The number of amides is 1. The fraction of sp³-hybridized carbons (Fsp3) is 0.900. The Bertz CT molecular complexity index is 193. The predicted molar refractivity (Wildman–Crippen MR) is 54.7 cm³/mol. The van der Waals surface area contributed by atoms with Gasteiger partial charge in [0.2, 0.25) is 5.91 Å². The average molecular weight is 200 g/mol. The van der Waals surface area contributed by atoms with E-state index in [-0.39, 0.29) is 18.6 Å². The van der Waals surface area contributed by atoms with Crippen LogP contribution in [-0.4, -0.2) is 41.1 Å². The van der Waals surface area contributed by atoms with Crippen molar-refractivity contribution in [1.29, 1.82) is 0 Å². The number of nitrogens with zero attached hydrogens (tertiary/aromatic N) is 1. The zero-order chi connectivity index (χ0) is 10.6. The van der Waals surface area contributed by atoms with Crippen molar-refractivity contribution in [3.05, 3.63) is 0 Å². The molecule has 0 aromatic heterocycles. The lowest BCUT2D eigenvalue weighted by molar-refractivity contribution is -0.133. The van der Waals surface area contributed by atoms with Crippen molar-refractivity contribution < 1.29 is 9.90 Å². The molecule has 0 saturated heterocycles. The molecule has 1 fully saturated rings. The summed E-state index contributed by atoms with van der Waals surface area (Å²) in [4.78, 5) is 13.5. The highest BCUT2D eigenvalue weighted by Gasteiger charge is 2.33. The Balaban J connectivity index is 2.44. The highest BCUT2D eigenvalue weighted by atomic mass is 16.3. The Morgan fingerprint density at radius 3 is 2.71 bits per heavy atom. The van der Waals surface area contributed by atoms with Crippen molar-refractivity contribution in [2.75, 3.05) is 13.2 Å². The lowest BCUT2D eigenvalue weighted by atomic mass is 10.1. The van der Waals surface area contributed by atoms with Gasteiger partial charge in [0.1, 0.15) is 0 Å². The van der Waals surface area contributed by atoms with E-state index in [1.54, 1.807) is 4.90 Å². The third-order valence-corrected chi connectivity index (χ3v) is 2.53. The minimum atomic E-state index is -0.382. The number of carbonyl (C=O) groups is 1. The van der Waals surface area contributed by atoms with Crippen LogP contribution in [0.25, 0.3) is 0 Å². The number of nitrogens with two attached hydrogens (primary N) is 1. The van der Waals surface area contributed by atoms with Crippen LogP contribution in [-0.2, 0) is 4.79 Å². The van der Waals surface area contributed by atoms with Gasteiger partial charge in [0.05, 0.1) is 12.6 Å². The van der Waals surface area contributed by atoms with E-state index in [1.807, 2.05) is 6.92 Å². The second-order valence-corrected chi connectivity index (χ2v) is 3.88. The molecule has 82 valence electrons. The minimum absolute atomic E-state index is 0.00315. The molecule has 1 saturated carbocycles. The molecule has 1 atom stereocenters. The molecule has 4 nitrogen and oxygen atoms in total. The zero-order valence-corrected chi connectivity index (χ0v) is 8.78. The maximum atomic E-state index is 11.8. The highest BCUT2D eigenvalue weighted by molar-refractivity contribution is 5.82. The Labute approximate surface area is 85.1 Å². The van der Waals surface area contributed by atoms with Crippen LogP contribution < -0.4 is 5.73 Å². The second kappa shape index (κ2) is 5.32. The molecular formula is C10H20N2O2. The van der Waals surface area contributed by atoms with Gasteiger partial charge in [-0.05, 0) is 19.3 Å². The van der Waals surface area contributed by atoms with Crippen LogP contribution in [0.4, 0.5) is 0 Å². The van der Waals surface area contributed by atoms with Gasteiger partial charge < -0.3 is 15.7 Å². The lowest BCUT2D eigenvalue weighted by Gasteiger charge is -2.24. The van der Waals surface area contributed by atoms with Gasteiger partial charge >= 0.3 is 0 Å². The SMILES string of the molecule is CCCC(N)C(=O)N(CCO)C1CC1. The third-order valence-electron chi connectivity index (χ3n) is 2.53. The molecule has 0 aromatic carbocycles. The fourth-order valence-corrected chi connectivity index (χ4v) is 1.61. The number of carbonyl (C=O) groups excluding carboxylic acids is 1. The van der Waals surface area contributed by atoms with E-state index in [0.29, 0.717) is 12.6 Å². The molecule has 1 rings (SSSR count). The number of hydrogen-bond acceptors (Lipinski definition) is 3. The van der Waals surface area contributed by atoms with Crippen LogP contribution in [0, 0.1) is 0 Å². The first-order valence-electron chi connectivity index (χ1n) is 5.37. The Morgan fingerprint density at radius 2 is 2.29 bits per heavy atom. The van der Waals surface area contributed by atoms with Crippen molar-refractivity contribution in [3.8, 4) is 0 Å². The van der Waals surface area contributed by atoms with Gasteiger partial charge in [-0.15, -0.1) is 0 Å². The van der Waals surface area contributed by atoms with E-state index < -0.39 is 0 Å². The topological polar surface area (TPSA) is 66.6 Å². The smallest absolute Gasteiger partial charge is 0.239 e. The van der Waals surface area contributed by atoms with Crippen LogP contribution >= 0.6 is 0 Å². The molecule has 0 spiro atoms. The minimum Gasteiger partial charge on any atom is -0.395 e. The fourth-order valence-electron chi connectivity index (χ4n) is 1.61. The average Bonchev–Trinajstić information content (AvgIpc) is 2.97. The lowest BCUT2D eigenvalue weighted by Crippen LogP contribution is -2.46. The van der Waals surface area contributed by atoms with E-state index >= 15 is 0 Å². The first-order valence-corrected chi connectivity index (χ1v) is 5.37. The summed E-state index contributed by atoms with van der Waals surface area (Å²) in [5.41, 5.74) is 5.75. The molecule has 1 aliphatic carbocycles. The summed E-state index contributed by atoms with van der Waals surface area (Å²) in [5, 5.41) is 8.84. The Morgan fingerprint density at radius 1 is 1.64 bits per heavy atom. The van der Waals surface area contributed by atoms with Gasteiger partial charge in [-0.1, -0.05) is 13.3 Å². The van der Waals surface area contributed by atoms with Gasteiger partial charge in [0, 0.05) is 12.6 Å². The van der Waals surface area contributed by atoms with Crippen molar-refractivity contribution in [2.45, 2.75) is 44.7 Å². The van der Waals surface area contributed by atoms with Crippen LogP contribution in [0.5, 0.6) is 0 Å². The number of hydrogen-bond donors (Lipinski definition) is 2. The van der Waals surface area contributed by atoms with Crippen molar-refractivity contribution in [2.24, 2.45) is 5.73 Å². The molecule has 0 aliphatic heterocycles. The summed E-state index contributed by atoms with van der Waals surface area (Å²) < 4.78 is 0. The quantitative estimate of drug-likeness (QED) is 0.639. The standard InChI is InChI=1S/C10H20N2O2/c1-2-3-9(11)10(14)12(6-7-13)8-4-5-8/h8-9,13H,2-7,11H2,1H3. The van der Waals surface area contributed by atoms with Crippen LogP contribution in [0.3, 0.4) is 0 Å². The van der Waals surface area contributed by atoms with Crippen LogP contribution in [0.1, 0.15) is 32.6 Å². The third kappa shape index (κ3) is 2.96. The number of aliphatic hydroxyl groups excluding tert-OH is 1. The van der Waals surface area contributed by atoms with Gasteiger partial charge in [-0.3, -0.25) is 4.79 Å². The molecule has 0 aromatic rings. The highest BCUT2D eigenvalue weighted by Crippen LogP contribution is 2.27. The molecule has 4 heteroatoms. The summed E-state index contributed by atoms with van der Waals surface area (Å²) in [6, 6.07) is -0.0373. The molecule has 14 heavy (non-hydrogen) atoms. The largest absolute Gasteiger partial charge is 0.395 e. The van der Waals surface area contributed by atoms with Crippen LogP contribution in [0.15, 0.2) is 0 Å². The van der Waals surface area contributed by atoms with Gasteiger partial charge in [0.25, 0.3) is 0 Å². The van der Waals surface area contributed by atoms with Gasteiger partial charge in [0.15, 0.2) is 0 Å². The molecule has 0 bridgehead atoms. The van der Waals surface area contributed by atoms with E-state index in [0.717, 1.165) is 25.7 Å². The van der Waals surface area contributed by atoms with E-state index in [1.165, 1.54) is 0 Å².